The lowest BCUT2D eigenvalue weighted by atomic mass is 10.0. The van der Waals surface area contributed by atoms with Crippen LogP contribution < -0.4 is 9.47 Å². The zero-order chi connectivity index (χ0) is 22.1. The highest BCUT2D eigenvalue weighted by Gasteiger charge is 2.31. The molecule has 0 atom stereocenters. The average Bonchev–Trinajstić information content (AvgIpc) is 2.69. The van der Waals surface area contributed by atoms with Crippen LogP contribution in [0.5, 0.6) is 11.5 Å². The Morgan fingerprint density at radius 1 is 1.00 bits per heavy atom. The number of aryl methyl sites for hydroxylation is 1. The van der Waals surface area contributed by atoms with E-state index < -0.39 is 34.1 Å². The number of nitro groups is 1. The van der Waals surface area contributed by atoms with Crippen LogP contribution in [-0.2, 0) is 16.0 Å². The van der Waals surface area contributed by atoms with Crippen LogP contribution in [0.25, 0.3) is 0 Å². The van der Waals surface area contributed by atoms with E-state index in [-0.39, 0.29) is 24.2 Å². The van der Waals surface area contributed by atoms with Crippen molar-refractivity contribution in [2.45, 2.75) is 46.0 Å². The number of esters is 2. The zero-order valence-corrected chi connectivity index (χ0v) is 16.9. The van der Waals surface area contributed by atoms with Crippen molar-refractivity contribution < 1.29 is 28.8 Å². The van der Waals surface area contributed by atoms with Crippen molar-refractivity contribution in [1.82, 2.24) is 0 Å². The largest absolute Gasteiger partial charge is 0.422 e. The lowest BCUT2D eigenvalue weighted by Gasteiger charge is -2.12. The van der Waals surface area contributed by atoms with Gasteiger partial charge in [0.2, 0.25) is 0 Å². The number of rotatable bonds is 10. The number of benzene rings is 2. The first-order chi connectivity index (χ1) is 14.3. The fourth-order valence-electron chi connectivity index (χ4n) is 2.89. The molecule has 0 aliphatic rings. The summed E-state index contributed by atoms with van der Waals surface area (Å²) in [6, 6.07) is 12.0. The van der Waals surface area contributed by atoms with E-state index in [1.165, 1.54) is 12.1 Å². The minimum absolute atomic E-state index is 0.0736. The molecule has 0 unspecified atom stereocenters. The Morgan fingerprint density at radius 3 is 2.30 bits per heavy atom. The first kappa shape index (κ1) is 22.7. The summed E-state index contributed by atoms with van der Waals surface area (Å²) in [5.74, 6) is -2.72. The standard InChI is InChI=1S/C22H23NO7/c1-3-8-20(26)30-19-14-13-17(21(23(27)28)22(19)29-15(2)24)18(25)12-7-11-16-9-5-4-6-10-16/h4-6,9-10,13-14H,3,7-8,11-12H2,1-2H3. The van der Waals surface area contributed by atoms with E-state index in [2.05, 4.69) is 0 Å². The van der Waals surface area contributed by atoms with E-state index in [0.29, 0.717) is 19.3 Å². The number of ether oxygens (including phenoxy) is 2. The summed E-state index contributed by atoms with van der Waals surface area (Å²) in [5, 5.41) is 11.7. The maximum absolute atomic E-state index is 12.7. The van der Waals surface area contributed by atoms with Crippen molar-refractivity contribution >= 4 is 23.4 Å². The molecule has 30 heavy (non-hydrogen) atoms. The minimum Gasteiger partial charge on any atom is -0.422 e. The fourth-order valence-corrected chi connectivity index (χ4v) is 2.89. The van der Waals surface area contributed by atoms with Crippen molar-refractivity contribution in [3.63, 3.8) is 0 Å². The van der Waals surface area contributed by atoms with Crippen LogP contribution in [-0.4, -0.2) is 22.6 Å². The second kappa shape index (κ2) is 10.8. The predicted molar refractivity (Wildman–Crippen MR) is 109 cm³/mol. The van der Waals surface area contributed by atoms with Crippen molar-refractivity contribution in [3.8, 4) is 11.5 Å². The van der Waals surface area contributed by atoms with Crippen LogP contribution in [0.1, 0.15) is 55.5 Å². The maximum Gasteiger partial charge on any atom is 0.326 e. The van der Waals surface area contributed by atoms with Gasteiger partial charge in [0.05, 0.1) is 10.5 Å². The lowest BCUT2D eigenvalue weighted by molar-refractivity contribution is -0.386. The first-order valence-electron chi connectivity index (χ1n) is 9.61. The molecule has 0 saturated carbocycles. The first-order valence-corrected chi connectivity index (χ1v) is 9.61. The number of Topliss-reactive ketones (excluding diaryl/α,β-unsaturated/α-hetero) is 1. The Labute approximate surface area is 174 Å². The zero-order valence-electron chi connectivity index (χ0n) is 16.9. The number of carbonyl (C=O) groups excluding carboxylic acids is 3. The lowest BCUT2D eigenvalue weighted by Crippen LogP contribution is -2.13. The van der Waals surface area contributed by atoms with Crippen molar-refractivity contribution in [1.29, 1.82) is 0 Å². The highest BCUT2D eigenvalue weighted by atomic mass is 16.6. The summed E-state index contributed by atoms with van der Waals surface area (Å²) in [6.07, 6.45) is 1.82. The quantitative estimate of drug-likeness (QED) is 0.186. The summed E-state index contributed by atoms with van der Waals surface area (Å²) in [6.45, 7) is 2.84. The highest BCUT2D eigenvalue weighted by Crippen LogP contribution is 2.41. The van der Waals surface area contributed by atoms with Crippen molar-refractivity contribution in [2.75, 3.05) is 0 Å². The summed E-state index contributed by atoms with van der Waals surface area (Å²) in [5.41, 5.74) is 0.176. The summed E-state index contributed by atoms with van der Waals surface area (Å²) in [7, 11) is 0. The molecule has 2 aromatic carbocycles. The second-order valence-corrected chi connectivity index (χ2v) is 6.63. The van der Waals surface area contributed by atoms with E-state index in [0.717, 1.165) is 12.5 Å². The third-order valence-corrected chi connectivity index (χ3v) is 4.21. The molecule has 0 N–H and O–H groups in total. The van der Waals surface area contributed by atoms with Crippen LogP contribution in [0.15, 0.2) is 42.5 Å². The molecule has 2 aromatic rings. The minimum atomic E-state index is -0.834. The Balaban J connectivity index is 2.31. The topological polar surface area (TPSA) is 113 Å². The molecule has 0 aliphatic heterocycles. The third-order valence-electron chi connectivity index (χ3n) is 4.21. The van der Waals surface area contributed by atoms with Gasteiger partial charge in [0.15, 0.2) is 11.5 Å². The van der Waals surface area contributed by atoms with Crippen LogP contribution >= 0.6 is 0 Å². The van der Waals surface area contributed by atoms with Gasteiger partial charge in [-0.25, -0.2) is 0 Å². The Hall–Kier alpha value is -3.55. The van der Waals surface area contributed by atoms with Crippen LogP contribution in [0.2, 0.25) is 0 Å². The smallest absolute Gasteiger partial charge is 0.326 e. The van der Waals surface area contributed by atoms with Gasteiger partial charge in [-0.05, 0) is 37.0 Å². The van der Waals surface area contributed by atoms with Gasteiger partial charge in [-0.1, -0.05) is 37.3 Å². The van der Waals surface area contributed by atoms with Gasteiger partial charge in [0.1, 0.15) is 0 Å². The molecular weight excluding hydrogens is 390 g/mol. The molecule has 0 aromatic heterocycles. The molecule has 2 rings (SSSR count). The molecule has 0 spiro atoms. The van der Waals surface area contributed by atoms with Crippen LogP contribution in [0.3, 0.4) is 0 Å². The van der Waals surface area contributed by atoms with Crippen LogP contribution in [0, 0.1) is 10.1 Å². The molecule has 0 heterocycles. The fraction of sp³-hybridized carbons (Fsp3) is 0.318. The predicted octanol–water partition coefficient (Wildman–Crippen LogP) is 4.43. The normalized spacial score (nSPS) is 10.3. The van der Waals surface area contributed by atoms with Gasteiger partial charge in [0, 0.05) is 19.8 Å². The molecule has 8 nitrogen and oxygen atoms in total. The SMILES string of the molecule is CCCC(=O)Oc1ccc(C(=O)CCCc2ccccc2)c([N+](=O)[O-])c1OC(C)=O. The number of hydrogen-bond donors (Lipinski definition) is 0. The van der Waals surface area contributed by atoms with E-state index in [4.69, 9.17) is 9.47 Å². The summed E-state index contributed by atoms with van der Waals surface area (Å²) < 4.78 is 10.1. The summed E-state index contributed by atoms with van der Waals surface area (Å²) >= 11 is 0. The second-order valence-electron chi connectivity index (χ2n) is 6.63. The van der Waals surface area contributed by atoms with Crippen LogP contribution in [0.4, 0.5) is 5.69 Å². The third kappa shape index (κ3) is 6.23. The molecule has 0 aliphatic carbocycles. The van der Waals surface area contributed by atoms with E-state index in [9.17, 15) is 24.5 Å². The van der Waals surface area contributed by atoms with Gasteiger partial charge in [-0.2, -0.15) is 0 Å². The molecule has 0 radical (unpaired) electrons. The summed E-state index contributed by atoms with van der Waals surface area (Å²) in [4.78, 5) is 46.9. The van der Waals surface area contributed by atoms with Crippen molar-refractivity contribution in [2.24, 2.45) is 0 Å². The molecular formula is C22H23NO7. The van der Waals surface area contributed by atoms with E-state index in [1.54, 1.807) is 6.92 Å². The maximum atomic E-state index is 12.7. The molecule has 8 heteroatoms. The van der Waals surface area contributed by atoms with E-state index in [1.807, 2.05) is 30.3 Å². The van der Waals surface area contributed by atoms with Gasteiger partial charge >= 0.3 is 17.6 Å². The van der Waals surface area contributed by atoms with Crippen molar-refractivity contribution in [3.05, 3.63) is 63.7 Å². The van der Waals surface area contributed by atoms with Gasteiger partial charge in [-0.15, -0.1) is 0 Å². The number of carbonyl (C=O) groups is 3. The average molecular weight is 413 g/mol. The van der Waals surface area contributed by atoms with Gasteiger partial charge in [-0.3, -0.25) is 24.5 Å². The molecule has 0 fully saturated rings. The number of nitro benzene ring substituents is 1. The Kier molecular flexibility index (Phi) is 8.22. The van der Waals surface area contributed by atoms with Gasteiger partial charge < -0.3 is 9.47 Å². The molecule has 158 valence electrons. The molecule has 0 bridgehead atoms. The monoisotopic (exact) mass is 413 g/mol. The van der Waals surface area contributed by atoms with Gasteiger partial charge in [0.25, 0.3) is 5.75 Å². The molecule has 0 saturated heterocycles. The Bertz CT molecular complexity index is 938. The molecule has 0 amide bonds. The number of nitrogens with zero attached hydrogens (tertiary/aromatic N) is 1. The highest BCUT2D eigenvalue weighted by molar-refractivity contribution is 6.01. The number of ketones is 1. The van der Waals surface area contributed by atoms with E-state index >= 15 is 0 Å². The Morgan fingerprint density at radius 2 is 1.70 bits per heavy atom. The number of hydrogen-bond acceptors (Lipinski definition) is 7.